The number of nitrogens with one attached hydrogen (secondary N) is 1. The molecule has 120 valence electrons. The van der Waals surface area contributed by atoms with E-state index in [9.17, 15) is 8.42 Å². The average Bonchev–Trinajstić information content (AvgIpc) is 2.43. The first-order chi connectivity index (χ1) is 10.4. The fraction of sp³-hybridized carbons (Fsp3) is 0.467. The minimum atomic E-state index is -3.08. The van der Waals surface area contributed by atoms with E-state index in [4.69, 9.17) is 0 Å². The predicted molar refractivity (Wildman–Crippen MR) is 91.8 cm³/mol. The summed E-state index contributed by atoms with van der Waals surface area (Å²) in [7, 11) is -3.08. The topological polar surface area (TPSA) is 72.0 Å². The molecule has 0 atom stereocenters. The van der Waals surface area contributed by atoms with Gasteiger partial charge >= 0.3 is 0 Å². The van der Waals surface area contributed by atoms with E-state index in [1.807, 2.05) is 0 Å². The van der Waals surface area contributed by atoms with Gasteiger partial charge in [-0.15, -0.1) is 11.8 Å². The number of aromatic nitrogens is 2. The Hall–Kier alpha value is -1.18. The van der Waals surface area contributed by atoms with E-state index in [-0.39, 0.29) is 0 Å². The van der Waals surface area contributed by atoms with Gasteiger partial charge in [0.1, 0.15) is 11.4 Å². The smallest absolute Gasteiger partial charge is 0.208 e. The molecule has 0 saturated carbocycles. The number of nitrogens with zero attached hydrogens (tertiary/aromatic N) is 2. The van der Waals surface area contributed by atoms with Crippen LogP contribution in [0.3, 0.4) is 0 Å². The summed E-state index contributed by atoms with van der Waals surface area (Å²) >= 11 is 1.69. The summed E-state index contributed by atoms with van der Waals surface area (Å²) in [5, 5.41) is 2.08. The number of hydrogen-bond acceptors (Lipinski definition) is 5. The summed E-state index contributed by atoms with van der Waals surface area (Å²) in [4.78, 5) is 8.70. The maximum Gasteiger partial charge on any atom is 0.208 e. The van der Waals surface area contributed by atoms with Crippen LogP contribution in [0.2, 0.25) is 0 Å². The molecular weight excluding hydrogens is 318 g/mol. The van der Waals surface area contributed by atoms with Gasteiger partial charge in [-0.05, 0) is 55.7 Å². The largest absolute Gasteiger partial charge is 0.236 e. The molecule has 0 aliphatic rings. The van der Waals surface area contributed by atoms with Crippen LogP contribution in [0.1, 0.15) is 24.0 Å². The molecule has 7 heteroatoms. The molecule has 0 radical (unpaired) electrons. The summed E-state index contributed by atoms with van der Waals surface area (Å²) in [6.07, 6.45) is 4.54. The van der Waals surface area contributed by atoms with Crippen LogP contribution in [0.4, 0.5) is 0 Å². The van der Waals surface area contributed by atoms with Crippen molar-refractivity contribution < 1.29 is 8.42 Å². The van der Waals surface area contributed by atoms with E-state index >= 15 is 0 Å². The van der Waals surface area contributed by atoms with Gasteiger partial charge in [-0.3, -0.25) is 0 Å². The zero-order valence-corrected chi connectivity index (χ0v) is 14.7. The van der Waals surface area contributed by atoms with Gasteiger partial charge in [-0.2, -0.15) is 0 Å². The third-order valence-corrected chi connectivity index (χ3v) is 5.21. The molecule has 0 spiro atoms. The van der Waals surface area contributed by atoms with Gasteiger partial charge in [0, 0.05) is 11.9 Å². The summed E-state index contributed by atoms with van der Waals surface area (Å²) < 4.78 is 24.4. The first-order valence-electron chi connectivity index (χ1n) is 7.16. The van der Waals surface area contributed by atoms with Gasteiger partial charge in [0.15, 0.2) is 0 Å². The lowest BCUT2D eigenvalue weighted by Crippen LogP contribution is -2.22. The molecule has 0 aliphatic heterocycles. The number of aryl methyl sites for hydroxylation is 2. The van der Waals surface area contributed by atoms with Crippen LogP contribution in [0.15, 0.2) is 23.5 Å². The Balaban J connectivity index is 1.93. The molecule has 1 aromatic carbocycles. The molecule has 0 bridgehead atoms. The van der Waals surface area contributed by atoms with Crippen LogP contribution in [-0.4, -0.2) is 36.9 Å². The van der Waals surface area contributed by atoms with Crippen molar-refractivity contribution in [2.45, 2.75) is 31.7 Å². The number of unbranched alkanes of at least 4 members (excludes halogenated alkanes) is 1. The second-order valence-electron chi connectivity index (χ2n) is 5.35. The van der Waals surface area contributed by atoms with E-state index in [1.54, 1.807) is 18.1 Å². The molecule has 1 N–H and O–H groups in total. The quantitative estimate of drug-likeness (QED) is 0.477. The molecule has 0 aliphatic carbocycles. The highest BCUT2D eigenvalue weighted by atomic mass is 32.2. The van der Waals surface area contributed by atoms with E-state index in [0.717, 1.165) is 34.5 Å². The Bertz CT molecular complexity index is 761. The maximum absolute atomic E-state index is 11.0. The third kappa shape index (κ3) is 4.93. The molecule has 0 fully saturated rings. The third-order valence-electron chi connectivity index (χ3n) is 3.39. The monoisotopic (exact) mass is 339 g/mol. The molecule has 0 amide bonds. The van der Waals surface area contributed by atoms with Crippen molar-refractivity contribution in [2.24, 2.45) is 0 Å². The lowest BCUT2D eigenvalue weighted by molar-refractivity contribution is 0.584. The van der Waals surface area contributed by atoms with Gasteiger partial charge in [0.2, 0.25) is 10.0 Å². The normalized spacial score (nSPS) is 12.0. The van der Waals surface area contributed by atoms with Crippen molar-refractivity contribution in [2.75, 3.05) is 18.6 Å². The van der Waals surface area contributed by atoms with Crippen LogP contribution in [0.5, 0.6) is 0 Å². The molecule has 5 nitrogen and oxygen atoms in total. The van der Waals surface area contributed by atoms with Crippen LogP contribution in [0.25, 0.3) is 10.9 Å². The predicted octanol–water partition coefficient (Wildman–Crippen LogP) is 2.67. The number of benzene rings is 1. The lowest BCUT2D eigenvalue weighted by Gasteiger charge is -2.07. The molecule has 2 rings (SSSR count). The van der Waals surface area contributed by atoms with E-state index in [2.05, 4.69) is 40.7 Å². The molecule has 0 saturated heterocycles. The number of sulfonamides is 1. The first-order valence-corrected chi connectivity index (χ1v) is 10.0. The highest BCUT2D eigenvalue weighted by Gasteiger charge is 2.06. The summed E-state index contributed by atoms with van der Waals surface area (Å²) in [5.74, 6) is 0.907. The number of thioether (sulfide) groups is 1. The zero-order chi connectivity index (χ0) is 16.2. The van der Waals surface area contributed by atoms with Crippen molar-refractivity contribution in [3.05, 3.63) is 29.6 Å². The van der Waals surface area contributed by atoms with Crippen molar-refractivity contribution in [1.29, 1.82) is 0 Å². The van der Waals surface area contributed by atoms with Gasteiger partial charge in [-0.25, -0.2) is 23.1 Å². The van der Waals surface area contributed by atoms with Crippen molar-refractivity contribution in [3.63, 3.8) is 0 Å². The van der Waals surface area contributed by atoms with Gasteiger partial charge in [0.05, 0.1) is 11.8 Å². The van der Waals surface area contributed by atoms with Gasteiger partial charge < -0.3 is 0 Å². The Labute approximate surface area is 136 Å². The average molecular weight is 339 g/mol. The van der Waals surface area contributed by atoms with E-state index < -0.39 is 10.0 Å². The highest BCUT2D eigenvalue weighted by molar-refractivity contribution is 7.99. The van der Waals surface area contributed by atoms with Gasteiger partial charge in [-0.1, -0.05) is 0 Å². The first kappa shape index (κ1) is 17.2. The van der Waals surface area contributed by atoms with E-state index in [0.29, 0.717) is 6.54 Å². The molecule has 1 heterocycles. The lowest BCUT2D eigenvalue weighted by atomic mass is 10.1. The Morgan fingerprint density at radius 3 is 2.59 bits per heavy atom. The summed E-state index contributed by atoms with van der Waals surface area (Å²) in [5.41, 5.74) is 3.44. The van der Waals surface area contributed by atoms with Crippen LogP contribution in [-0.2, 0) is 10.0 Å². The summed E-state index contributed by atoms with van der Waals surface area (Å²) in [6, 6.07) is 4.23. The van der Waals surface area contributed by atoms with Gasteiger partial charge in [0.25, 0.3) is 0 Å². The highest BCUT2D eigenvalue weighted by Crippen LogP contribution is 2.27. The van der Waals surface area contributed by atoms with Crippen molar-refractivity contribution in [1.82, 2.24) is 14.7 Å². The minimum Gasteiger partial charge on any atom is -0.236 e. The number of fused-ring (bicyclic) bond motifs is 1. The zero-order valence-electron chi connectivity index (χ0n) is 13.1. The molecule has 1 aromatic heterocycles. The van der Waals surface area contributed by atoms with E-state index in [1.165, 1.54) is 17.4 Å². The maximum atomic E-state index is 11.0. The number of hydrogen-bond donors (Lipinski definition) is 1. The fourth-order valence-electron chi connectivity index (χ4n) is 2.06. The Morgan fingerprint density at radius 1 is 1.14 bits per heavy atom. The number of rotatable bonds is 7. The van der Waals surface area contributed by atoms with Crippen molar-refractivity contribution in [3.8, 4) is 0 Å². The molecule has 0 unspecified atom stereocenters. The molecule has 22 heavy (non-hydrogen) atoms. The van der Waals surface area contributed by atoms with Crippen LogP contribution < -0.4 is 4.72 Å². The fourth-order valence-corrected chi connectivity index (χ4v) is 3.56. The SMILES string of the molecule is Cc1cc2ncnc(SCCCCNS(C)(=O)=O)c2cc1C. The Morgan fingerprint density at radius 2 is 1.86 bits per heavy atom. The van der Waals surface area contributed by atoms with Crippen LogP contribution in [0, 0.1) is 13.8 Å². The van der Waals surface area contributed by atoms with Crippen LogP contribution >= 0.6 is 11.8 Å². The summed E-state index contributed by atoms with van der Waals surface area (Å²) in [6.45, 7) is 4.66. The van der Waals surface area contributed by atoms with Crippen molar-refractivity contribution >= 4 is 32.7 Å². The molecular formula is C15H21N3O2S2. The standard InChI is InChI=1S/C15H21N3O2S2/c1-11-8-13-14(9-12(11)2)16-10-17-15(13)21-7-5-4-6-18-22(3,19)20/h8-10,18H,4-7H2,1-3H3. The molecule has 2 aromatic rings. The second-order valence-corrected chi connectivity index (χ2v) is 8.27. The Kier molecular flexibility index (Phi) is 5.77. The minimum absolute atomic E-state index is 0.488. The second kappa shape index (κ2) is 7.39.